The van der Waals surface area contributed by atoms with E-state index in [9.17, 15) is 0 Å². The predicted octanol–water partition coefficient (Wildman–Crippen LogP) is 2.32. The Hall–Kier alpha value is -1.32. The molecule has 0 radical (unpaired) electrons. The fourth-order valence-corrected chi connectivity index (χ4v) is 1.82. The van der Waals surface area contributed by atoms with E-state index in [1.54, 1.807) is 12.5 Å². The highest BCUT2D eigenvalue weighted by Crippen LogP contribution is 2.20. The lowest BCUT2D eigenvalue weighted by atomic mass is 10.0. The first-order chi connectivity index (χ1) is 7.72. The molecule has 0 saturated carbocycles. The highest BCUT2D eigenvalue weighted by atomic mass is 15.2. The summed E-state index contributed by atoms with van der Waals surface area (Å²) in [5.41, 5.74) is 6.55. The van der Waals surface area contributed by atoms with Crippen LogP contribution in [-0.2, 0) is 0 Å². The van der Waals surface area contributed by atoms with E-state index < -0.39 is 0 Å². The van der Waals surface area contributed by atoms with Gasteiger partial charge in [0.15, 0.2) is 5.82 Å². The second-order valence-corrected chi connectivity index (χ2v) is 4.02. The molecule has 2 N–H and O–H groups in total. The third kappa shape index (κ3) is 3.08. The third-order valence-electron chi connectivity index (χ3n) is 3.03. The van der Waals surface area contributed by atoms with Gasteiger partial charge in [0.2, 0.25) is 0 Å². The van der Waals surface area contributed by atoms with Crippen molar-refractivity contribution in [2.75, 3.05) is 23.7 Å². The normalized spacial score (nSPS) is 10.8. The van der Waals surface area contributed by atoms with Crippen molar-refractivity contribution in [1.82, 2.24) is 9.97 Å². The Bertz CT molecular complexity index is 310. The van der Waals surface area contributed by atoms with E-state index in [2.05, 4.69) is 35.6 Å². The zero-order chi connectivity index (χ0) is 12.0. The molecule has 0 saturated heterocycles. The quantitative estimate of drug-likeness (QED) is 0.802. The number of rotatable bonds is 6. The zero-order valence-electron chi connectivity index (χ0n) is 10.5. The van der Waals surface area contributed by atoms with Crippen molar-refractivity contribution in [2.24, 2.45) is 5.92 Å². The maximum absolute atomic E-state index is 5.89. The van der Waals surface area contributed by atoms with Gasteiger partial charge in [-0.25, -0.2) is 9.97 Å². The minimum Gasteiger partial charge on any atom is -0.394 e. The number of hydrogen-bond acceptors (Lipinski definition) is 4. The van der Waals surface area contributed by atoms with Gasteiger partial charge in [-0.1, -0.05) is 26.7 Å². The van der Waals surface area contributed by atoms with Crippen molar-refractivity contribution in [2.45, 2.75) is 33.6 Å². The first-order valence-corrected chi connectivity index (χ1v) is 6.03. The summed E-state index contributed by atoms with van der Waals surface area (Å²) in [7, 11) is 0. The van der Waals surface area contributed by atoms with Crippen molar-refractivity contribution in [1.29, 1.82) is 0 Å². The van der Waals surface area contributed by atoms with Gasteiger partial charge < -0.3 is 10.6 Å². The molecule has 0 aliphatic heterocycles. The maximum Gasteiger partial charge on any atom is 0.155 e. The Morgan fingerprint density at radius 2 is 2.00 bits per heavy atom. The van der Waals surface area contributed by atoms with Crippen LogP contribution in [0.15, 0.2) is 12.5 Å². The van der Waals surface area contributed by atoms with Gasteiger partial charge in [0.05, 0.1) is 11.9 Å². The van der Waals surface area contributed by atoms with Crippen LogP contribution in [0.5, 0.6) is 0 Å². The third-order valence-corrected chi connectivity index (χ3v) is 3.03. The van der Waals surface area contributed by atoms with Gasteiger partial charge in [-0.15, -0.1) is 0 Å². The van der Waals surface area contributed by atoms with Gasteiger partial charge in [-0.2, -0.15) is 0 Å². The zero-order valence-corrected chi connectivity index (χ0v) is 10.5. The number of nitrogen functional groups attached to an aromatic ring is 1. The van der Waals surface area contributed by atoms with E-state index in [4.69, 9.17) is 5.73 Å². The van der Waals surface area contributed by atoms with Crippen LogP contribution in [0, 0.1) is 5.92 Å². The van der Waals surface area contributed by atoms with Crippen LogP contribution in [0.1, 0.15) is 33.6 Å². The predicted molar refractivity (Wildman–Crippen MR) is 68.4 cm³/mol. The molecule has 1 rings (SSSR count). The topological polar surface area (TPSA) is 55.0 Å². The van der Waals surface area contributed by atoms with Gasteiger partial charge in [0, 0.05) is 13.1 Å². The number of aromatic nitrogens is 2. The molecule has 0 atom stereocenters. The van der Waals surface area contributed by atoms with Gasteiger partial charge in [-0.3, -0.25) is 0 Å². The molecule has 1 aromatic rings. The molecule has 0 aliphatic carbocycles. The average Bonchev–Trinajstić information content (AvgIpc) is 2.32. The summed E-state index contributed by atoms with van der Waals surface area (Å²) >= 11 is 0. The Morgan fingerprint density at radius 1 is 1.31 bits per heavy atom. The molecule has 90 valence electrons. The first-order valence-electron chi connectivity index (χ1n) is 6.03. The molecule has 0 aromatic carbocycles. The summed E-state index contributed by atoms with van der Waals surface area (Å²) < 4.78 is 0. The fourth-order valence-electron chi connectivity index (χ4n) is 1.82. The van der Waals surface area contributed by atoms with Crippen LogP contribution in [-0.4, -0.2) is 23.1 Å². The molecule has 0 amide bonds. The summed E-state index contributed by atoms with van der Waals surface area (Å²) in [5.74, 6) is 1.57. The highest BCUT2D eigenvalue weighted by Gasteiger charge is 2.13. The van der Waals surface area contributed by atoms with E-state index >= 15 is 0 Å². The summed E-state index contributed by atoms with van der Waals surface area (Å²) in [5, 5.41) is 0. The van der Waals surface area contributed by atoms with Crippen LogP contribution in [0.25, 0.3) is 0 Å². The molecular weight excluding hydrogens is 200 g/mol. The summed E-state index contributed by atoms with van der Waals surface area (Å²) in [6.07, 6.45) is 5.61. The van der Waals surface area contributed by atoms with Gasteiger partial charge in [0.1, 0.15) is 6.33 Å². The van der Waals surface area contributed by atoms with Crippen molar-refractivity contribution in [3.8, 4) is 0 Å². The number of hydrogen-bond donors (Lipinski definition) is 1. The molecule has 0 fully saturated rings. The lowest BCUT2D eigenvalue weighted by Crippen LogP contribution is -2.30. The number of nitrogens with two attached hydrogens (primary N) is 1. The molecule has 4 heteroatoms. The lowest BCUT2D eigenvalue weighted by molar-refractivity contribution is 0.484. The van der Waals surface area contributed by atoms with Gasteiger partial charge in [-0.05, 0) is 12.8 Å². The summed E-state index contributed by atoms with van der Waals surface area (Å²) in [6, 6.07) is 0. The first kappa shape index (κ1) is 12.7. The number of nitrogens with zero attached hydrogens (tertiary/aromatic N) is 3. The van der Waals surface area contributed by atoms with Gasteiger partial charge in [0.25, 0.3) is 0 Å². The molecule has 0 bridgehead atoms. The van der Waals surface area contributed by atoms with Crippen molar-refractivity contribution >= 4 is 11.5 Å². The van der Waals surface area contributed by atoms with Gasteiger partial charge >= 0.3 is 0 Å². The van der Waals surface area contributed by atoms with Crippen LogP contribution < -0.4 is 10.6 Å². The summed E-state index contributed by atoms with van der Waals surface area (Å²) in [6.45, 7) is 8.53. The van der Waals surface area contributed by atoms with Crippen LogP contribution in [0.3, 0.4) is 0 Å². The SMILES string of the molecule is CCC(CC)CN(CC)c1ncncc1N. The molecule has 0 aliphatic rings. The molecule has 0 spiro atoms. The molecule has 4 nitrogen and oxygen atoms in total. The van der Waals surface area contributed by atoms with Crippen molar-refractivity contribution in [3.63, 3.8) is 0 Å². The average molecular weight is 222 g/mol. The van der Waals surface area contributed by atoms with Crippen LogP contribution in [0.2, 0.25) is 0 Å². The van der Waals surface area contributed by atoms with E-state index in [1.807, 2.05) is 0 Å². The molecule has 1 heterocycles. The molecule has 1 aromatic heterocycles. The molecule has 16 heavy (non-hydrogen) atoms. The second-order valence-electron chi connectivity index (χ2n) is 4.02. The van der Waals surface area contributed by atoms with Crippen molar-refractivity contribution in [3.05, 3.63) is 12.5 Å². The fraction of sp³-hybridized carbons (Fsp3) is 0.667. The van der Waals surface area contributed by atoms with E-state index in [-0.39, 0.29) is 0 Å². The highest BCUT2D eigenvalue weighted by molar-refractivity contribution is 5.60. The van der Waals surface area contributed by atoms with E-state index in [0.717, 1.165) is 18.9 Å². The smallest absolute Gasteiger partial charge is 0.155 e. The Labute approximate surface area is 97.9 Å². The Kier molecular flexibility index (Phi) is 5.02. The maximum atomic E-state index is 5.89. The number of anilines is 2. The minimum atomic E-state index is 0.662. The monoisotopic (exact) mass is 222 g/mol. The Balaban J connectivity index is 2.78. The standard InChI is InChI=1S/C12H22N4/c1-4-10(5-2)8-16(6-3)12-11(13)7-14-9-15-12/h7,9-10H,4-6,8,13H2,1-3H3. The van der Waals surface area contributed by atoms with E-state index in [1.165, 1.54) is 12.8 Å². The van der Waals surface area contributed by atoms with E-state index in [0.29, 0.717) is 11.6 Å². The lowest BCUT2D eigenvalue weighted by Gasteiger charge is -2.27. The Morgan fingerprint density at radius 3 is 2.50 bits per heavy atom. The molecular formula is C12H22N4. The largest absolute Gasteiger partial charge is 0.394 e. The summed E-state index contributed by atoms with van der Waals surface area (Å²) in [4.78, 5) is 10.4. The molecule has 0 unspecified atom stereocenters. The second kappa shape index (κ2) is 6.30. The van der Waals surface area contributed by atoms with Crippen LogP contribution in [0.4, 0.5) is 11.5 Å². The van der Waals surface area contributed by atoms with Crippen molar-refractivity contribution < 1.29 is 0 Å². The van der Waals surface area contributed by atoms with Crippen LogP contribution >= 0.6 is 0 Å². The minimum absolute atomic E-state index is 0.662.